The smallest absolute Gasteiger partial charge is 0.136 e. The van der Waals surface area contributed by atoms with E-state index in [0.29, 0.717) is 29.4 Å². The van der Waals surface area contributed by atoms with Crippen LogP contribution in [0.5, 0.6) is 0 Å². The zero-order valence-electron chi connectivity index (χ0n) is 10.4. The van der Waals surface area contributed by atoms with E-state index in [1.807, 2.05) is 11.6 Å². The molecule has 0 unspecified atom stereocenters. The van der Waals surface area contributed by atoms with Gasteiger partial charge in [-0.25, -0.2) is 9.37 Å². The van der Waals surface area contributed by atoms with Crippen molar-refractivity contribution < 1.29 is 4.39 Å². The number of aryl methyl sites for hydroxylation is 1. The number of hydrogen-bond donors (Lipinski definition) is 1. The van der Waals surface area contributed by atoms with Gasteiger partial charge in [-0.3, -0.25) is 0 Å². The topological polar surface area (TPSA) is 43.8 Å². The van der Waals surface area contributed by atoms with Crippen molar-refractivity contribution in [2.24, 2.45) is 12.8 Å². The Morgan fingerprint density at radius 1 is 1.44 bits per heavy atom. The van der Waals surface area contributed by atoms with Crippen molar-refractivity contribution in [2.45, 2.75) is 13.3 Å². The Kier molecular flexibility index (Phi) is 3.68. The summed E-state index contributed by atoms with van der Waals surface area (Å²) < 4.78 is 15.1. The molecule has 18 heavy (non-hydrogen) atoms. The minimum Gasteiger partial charge on any atom is -0.330 e. The lowest BCUT2D eigenvalue weighted by Gasteiger charge is -2.01. The van der Waals surface area contributed by atoms with E-state index in [9.17, 15) is 4.39 Å². The highest BCUT2D eigenvalue weighted by molar-refractivity contribution is 6.32. The predicted octanol–water partition coefficient (Wildman–Crippen LogP) is 2.69. The number of halogens is 2. The summed E-state index contributed by atoms with van der Waals surface area (Å²) in [7, 11) is 1.85. The van der Waals surface area contributed by atoms with E-state index in [-0.39, 0.29) is 5.82 Å². The average molecular weight is 268 g/mol. The highest BCUT2D eigenvalue weighted by atomic mass is 35.5. The van der Waals surface area contributed by atoms with E-state index in [4.69, 9.17) is 17.3 Å². The lowest BCUT2D eigenvalue weighted by atomic mass is 10.1. The normalized spacial score (nSPS) is 10.9. The van der Waals surface area contributed by atoms with Crippen LogP contribution in [0, 0.1) is 12.7 Å². The standard InChI is InChI=1S/C13H15ClFN3/c1-8-7-9(3-4-10(8)15)12-13(14)18(2)11(17-12)5-6-16/h3-4,7H,5-6,16H2,1-2H3. The third kappa shape index (κ3) is 2.26. The highest BCUT2D eigenvalue weighted by Crippen LogP contribution is 2.28. The van der Waals surface area contributed by atoms with Crippen LogP contribution >= 0.6 is 11.6 Å². The maximum Gasteiger partial charge on any atom is 0.136 e. The molecule has 2 aromatic rings. The van der Waals surface area contributed by atoms with Crippen molar-refractivity contribution >= 4 is 11.6 Å². The van der Waals surface area contributed by atoms with Crippen LogP contribution in [-0.4, -0.2) is 16.1 Å². The first-order valence-corrected chi connectivity index (χ1v) is 6.10. The van der Waals surface area contributed by atoms with E-state index < -0.39 is 0 Å². The number of rotatable bonds is 3. The number of hydrogen-bond acceptors (Lipinski definition) is 2. The molecule has 0 aliphatic heterocycles. The van der Waals surface area contributed by atoms with E-state index in [2.05, 4.69) is 4.98 Å². The van der Waals surface area contributed by atoms with Gasteiger partial charge >= 0.3 is 0 Å². The Balaban J connectivity index is 2.50. The molecule has 0 aliphatic rings. The van der Waals surface area contributed by atoms with Crippen molar-refractivity contribution in [3.63, 3.8) is 0 Å². The predicted molar refractivity (Wildman–Crippen MR) is 71.1 cm³/mol. The molecule has 0 atom stereocenters. The highest BCUT2D eigenvalue weighted by Gasteiger charge is 2.14. The molecular formula is C13H15ClFN3. The second-order valence-electron chi connectivity index (χ2n) is 4.23. The molecule has 1 aromatic carbocycles. The van der Waals surface area contributed by atoms with Gasteiger partial charge in [-0.15, -0.1) is 0 Å². The van der Waals surface area contributed by atoms with Gasteiger partial charge in [0.2, 0.25) is 0 Å². The number of imidazole rings is 1. The summed E-state index contributed by atoms with van der Waals surface area (Å²) in [5.41, 5.74) is 7.59. The average Bonchev–Trinajstić information content (AvgIpc) is 2.62. The van der Waals surface area contributed by atoms with Crippen LogP contribution in [0.15, 0.2) is 18.2 Å². The second-order valence-corrected chi connectivity index (χ2v) is 4.59. The van der Waals surface area contributed by atoms with Crippen LogP contribution in [0.25, 0.3) is 11.3 Å². The Morgan fingerprint density at radius 3 is 2.78 bits per heavy atom. The minimum atomic E-state index is -0.229. The first kappa shape index (κ1) is 13.1. The van der Waals surface area contributed by atoms with E-state index in [1.165, 1.54) is 6.07 Å². The Labute approximate surface area is 110 Å². The maximum absolute atomic E-state index is 13.2. The van der Waals surface area contributed by atoms with Crippen molar-refractivity contribution in [1.82, 2.24) is 9.55 Å². The van der Waals surface area contributed by atoms with Gasteiger partial charge in [0.15, 0.2) is 0 Å². The van der Waals surface area contributed by atoms with Gasteiger partial charge in [0.25, 0.3) is 0 Å². The van der Waals surface area contributed by atoms with Gasteiger partial charge in [0.1, 0.15) is 22.5 Å². The van der Waals surface area contributed by atoms with Crippen LogP contribution in [-0.2, 0) is 13.5 Å². The lowest BCUT2D eigenvalue weighted by Crippen LogP contribution is -2.07. The molecule has 0 fully saturated rings. The van der Waals surface area contributed by atoms with Crippen molar-refractivity contribution in [3.05, 3.63) is 40.6 Å². The molecule has 0 amide bonds. The third-order valence-corrected chi connectivity index (χ3v) is 3.35. The van der Waals surface area contributed by atoms with Gasteiger partial charge < -0.3 is 10.3 Å². The molecule has 0 bridgehead atoms. The van der Waals surface area contributed by atoms with Gasteiger partial charge in [0.05, 0.1) is 0 Å². The number of benzene rings is 1. The summed E-state index contributed by atoms with van der Waals surface area (Å²) in [5.74, 6) is 0.604. The number of nitrogens with zero attached hydrogens (tertiary/aromatic N) is 2. The van der Waals surface area contributed by atoms with Gasteiger partial charge in [-0.1, -0.05) is 11.6 Å². The summed E-state index contributed by atoms with van der Waals surface area (Å²) in [6, 6.07) is 4.86. The van der Waals surface area contributed by atoms with Crippen molar-refractivity contribution in [1.29, 1.82) is 0 Å². The molecule has 96 valence electrons. The fourth-order valence-electron chi connectivity index (χ4n) is 1.85. The Bertz CT molecular complexity index is 578. The van der Waals surface area contributed by atoms with Gasteiger partial charge in [-0.05, 0) is 37.2 Å². The molecule has 5 heteroatoms. The van der Waals surface area contributed by atoms with Gasteiger partial charge in [0, 0.05) is 19.0 Å². The van der Waals surface area contributed by atoms with Crippen LogP contribution in [0.4, 0.5) is 4.39 Å². The zero-order valence-corrected chi connectivity index (χ0v) is 11.1. The van der Waals surface area contributed by atoms with Crippen molar-refractivity contribution in [3.8, 4) is 11.3 Å². The van der Waals surface area contributed by atoms with Crippen LogP contribution < -0.4 is 5.73 Å². The maximum atomic E-state index is 13.2. The largest absolute Gasteiger partial charge is 0.330 e. The Morgan fingerprint density at radius 2 is 2.17 bits per heavy atom. The van der Waals surface area contributed by atoms with Crippen LogP contribution in [0.2, 0.25) is 5.15 Å². The molecule has 2 N–H and O–H groups in total. The van der Waals surface area contributed by atoms with Crippen LogP contribution in [0.3, 0.4) is 0 Å². The van der Waals surface area contributed by atoms with Gasteiger partial charge in [-0.2, -0.15) is 0 Å². The first-order valence-electron chi connectivity index (χ1n) is 5.72. The minimum absolute atomic E-state index is 0.229. The lowest BCUT2D eigenvalue weighted by molar-refractivity contribution is 0.619. The number of aromatic nitrogens is 2. The first-order chi connectivity index (χ1) is 8.54. The molecule has 0 radical (unpaired) electrons. The quantitative estimate of drug-likeness (QED) is 0.929. The summed E-state index contributed by atoms with van der Waals surface area (Å²) in [4.78, 5) is 4.47. The monoisotopic (exact) mass is 267 g/mol. The summed E-state index contributed by atoms with van der Waals surface area (Å²) in [5, 5.41) is 0.546. The molecule has 2 rings (SSSR count). The fraction of sp³-hybridized carbons (Fsp3) is 0.308. The SMILES string of the molecule is Cc1cc(-c2nc(CCN)n(C)c2Cl)ccc1F. The molecule has 1 aromatic heterocycles. The fourth-order valence-corrected chi connectivity index (χ4v) is 2.10. The molecule has 0 saturated carbocycles. The molecule has 0 saturated heterocycles. The number of nitrogens with two attached hydrogens (primary N) is 1. The third-order valence-electron chi connectivity index (χ3n) is 2.92. The molecule has 3 nitrogen and oxygen atoms in total. The summed E-state index contributed by atoms with van der Waals surface area (Å²) in [6.45, 7) is 2.24. The zero-order chi connectivity index (χ0) is 13.3. The van der Waals surface area contributed by atoms with E-state index in [0.717, 1.165) is 11.4 Å². The Hall–Kier alpha value is -1.39. The summed E-state index contributed by atoms with van der Waals surface area (Å²) >= 11 is 6.24. The molecular weight excluding hydrogens is 253 g/mol. The summed E-state index contributed by atoms with van der Waals surface area (Å²) in [6.07, 6.45) is 0.663. The molecule has 0 spiro atoms. The van der Waals surface area contributed by atoms with E-state index in [1.54, 1.807) is 19.1 Å². The molecule has 1 heterocycles. The molecule has 0 aliphatic carbocycles. The van der Waals surface area contributed by atoms with Crippen molar-refractivity contribution in [2.75, 3.05) is 6.54 Å². The second kappa shape index (κ2) is 5.08. The van der Waals surface area contributed by atoms with Crippen LogP contribution in [0.1, 0.15) is 11.4 Å². The van der Waals surface area contributed by atoms with E-state index >= 15 is 0 Å².